The van der Waals surface area contributed by atoms with Crippen LogP contribution in [0.5, 0.6) is 0 Å². The van der Waals surface area contributed by atoms with Gasteiger partial charge in [0.25, 0.3) is 11.8 Å². The van der Waals surface area contributed by atoms with Crippen molar-refractivity contribution in [3.63, 3.8) is 0 Å². The summed E-state index contributed by atoms with van der Waals surface area (Å²) in [5.41, 5.74) is 1.20. The van der Waals surface area contributed by atoms with Crippen molar-refractivity contribution in [2.24, 2.45) is 9.98 Å². The monoisotopic (exact) mass is 347 g/mol. The van der Waals surface area contributed by atoms with Gasteiger partial charge in [-0.1, -0.05) is 36.4 Å². The van der Waals surface area contributed by atoms with Crippen LogP contribution in [0.2, 0.25) is 0 Å². The van der Waals surface area contributed by atoms with Gasteiger partial charge in [-0.2, -0.15) is 0 Å². The molecule has 0 radical (unpaired) electrons. The SMILES string of the molecule is O=C(Nc1ccccc1C1N=c2ccccc2=NC1=O)c1cccs1. The van der Waals surface area contributed by atoms with Crippen molar-refractivity contribution in [1.82, 2.24) is 0 Å². The molecule has 1 aromatic heterocycles. The first-order valence-electron chi connectivity index (χ1n) is 7.71. The van der Waals surface area contributed by atoms with Crippen LogP contribution in [0.15, 0.2) is 76.0 Å². The maximum absolute atomic E-state index is 12.5. The summed E-state index contributed by atoms with van der Waals surface area (Å²) in [7, 11) is 0. The summed E-state index contributed by atoms with van der Waals surface area (Å²) >= 11 is 1.36. The average Bonchev–Trinajstić information content (AvgIpc) is 3.17. The van der Waals surface area contributed by atoms with Crippen LogP contribution in [-0.2, 0) is 4.79 Å². The number of benzene rings is 2. The third-order valence-electron chi connectivity index (χ3n) is 3.86. The number of thiophene rings is 1. The second-order valence-corrected chi connectivity index (χ2v) is 6.44. The Morgan fingerprint density at radius 3 is 2.52 bits per heavy atom. The lowest BCUT2D eigenvalue weighted by molar-refractivity contribution is -0.119. The summed E-state index contributed by atoms with van der Waals surface area (Å²) in [4.78, 5) is 34.1. The summed E-state index contributed by atoms with van der Waals surface area (Å²) in [6.07, 6.45) is 0. The topological polar surface area (TPSA) is 70.9 Å². The van der Waals surface area contributed by atoms with Gasteiger partial charge in [-0.05, 0) is 29.6 Å². The largest absolute Gasteiger partial charge is 0.321 e. The number of nitrogens with zero attached hydrogens (tertiary/aromatic N) is 2. The molecule has 1 atom stereocenters. The molecule has 0 spiro atoms. The van der Waals surface area contributed by atoms with Crippen molar-refractivity contribution in [2.45, 2.75) is 6.04 Å². The van der Waals surface area contributed by atoms with E-state index in [1.54, 1.807) is 24.3 Å². The maximum atomic E-state index is 12.5. The molecule has 122 valence electrons. The predicted molar refractivity (Wildman–Crippen MR) is 95.2 cm³/mol. The molecule has 1 aliphatic heterocycles. The fourth-order valence-electron chi connectivity index (χ4n) is 2.69. The van der Waals surface area contributed by atoms with Crippen molar-refractivity contribution in [3.05, 3.63) is 87.2 Å². The quantitative estimate of drug-likeness (QED) is 0.791. The molecule has 0 fully saturated rings. The van der Waals surface area contributed by atoms with Gasteiger partial charge in [0.1, 0.15) is 0 Å². The summed E-state index contributed by atoms with van der Waals surface area (Å²) < 4.78 is 0. The first-order chi connectivity index (χ1) is 12.2. The highest BCUT2D eigenvalue weighted by molar-refractivity contribution is 7.12. The van der Waals surface area contributed by atoms with Gasteiger partial charge in [0.05, 0.1) is 15.6 Å². The molecule has 2 aromatic carbocycles. The van der Waals surface area contributed by atoms with Crippen LogP contribution in [0.3, 0.4) is 0 Å². The third kappa shape index (κ3) is 2.99. The molecule has 2 amide bonds. The highest BCUT2D eigenvalue weighted by atomic mass is 32.1. The number of carbonyl (C=O) groups is 2. The minimum atomic E-state index is -0.755. The number of anilines is 1. The third-order valence-corrected chi connectivity index (χ3v) is 4.73. The van der Waals surface area contributed by atoms with E-state index < -0.39 is 6.04 Å². The number of hydrogen-bond acceptors (Lipinski definition) is 4. The smallest absolute Gasteiger partial charge is 0.275 e. The first kappa shape index (κ1) is 15.4. The Bertz CT molecular complexity index is 1070. The van der Waals surface area contributed by atoms with Crippen LogP contribution in [0.25, 0.3) is 0 Å². The molecule has 1 unspecified atom stereocenters. The van der Waals surface area contributed by atoms with Gasteiger partial charge in [0.2, 0.25) is 0 Å². The Hall–Kier alpha value is -3.12. The standard InChI is InChI=1S/C19H13N3O2S/c23-18(16-10-5-11-25-16)21-13-7-2-1-6-12(13)17-19(24)22-15-9-4-3-8-14(15)20-17/h1-11,17H,(H,21,23). The second kappa shape index (κ2) is 6.41. The Morgan fingerprint density at radius 2 is 1.72 bits per heavy atom. The van der Waals surface area contributed by atoms with Crippen LogP contribution in [0, 0.1) is 0 Å². The molecule has 4 rings (SSSR count). The lowest BCUT2D eigenvalue weighted by Crippen LogP contribution is -2.33. The molecule has 3 aromatic rings. The van der Waals surface area contributed by atoms with Gasteiger partial charge in [-0.25, -0.2) is 4.99 Å². The summed E-state index contributed by atoms with van der Waals surface area (Å²) in [5.74, 6) is -0.542. The molecule has 0 saturated heterocycles. The van der Waals surface area contributed by atoms with E-state index in [1.165, 1.54) is 11.3 Å². The highest BCUT2D eigenvalue weighted by Crippen LogP contribution is 2.28. The number of para-hydroxylation sites is 3. The summed E-state index contributed by atoms with van der Waals surface area (Å²) in [6, 6.07) is 17.3. The van der Waals surface area contributed by atoms with E-state index in [-0.39, 0.29) is 11.8 Å². The van der Waals surface area contributed by atoms with E-state index in [2.05, 4.69) is 15.3 Å². The minimum absolute atomic E-state index is 0.206. The van der Waals surface area contributed by atoms with Gasteiger partial charge in [0, 0.05) is 11.3 Å². The Morgan fingerprint density at radius 1 is 0.960 bits per heavy atom. The number of amides is 2. The number of rotatable bonds is 3. The lowest BCUT2D eigenvalue weighted by atomic mass is 10.0. The van der Waals surface area contributed by atoms with Crippen LogP contribution in [0.1, 0.15) is 21.3 Å². The van der Waals surface area contributed by atoms with Crippen LogP contribution >= 0.6 is 11.3 Å². The van der Waals surface area contributed by atoms with Gasteiger partial charge < -0.3 is 5.32 Å². The molecule has 0 bridgehead atoms. The zero-order valence-electron chi connectivity index (χ0n) is 13.0. The van der Waals surface area contributed by atoms with E-state index in [0.717, 1.165) is 0 Å². The van der Waals surface area contributed by atoms with Crippen molar-refractivity contribution < 1.29 is 9.59 Å². The highest BCUT2D eigenvalue weighted by Gasteiger charge is 2.25. The zero-order chi connectivity index (χ0) is 17.2. The van der Waals surface area contributed by atoms with Gasteiger partial charge in [0.15, 0.2) is 6.04 Å². The van der Waals surface area contributed by atoms with Gasteiger partial charge >= 0.3 is 0 Å². The van der Waals surface area contributed by atoms with E-state index in [9.17, 15) is 9.59 Å². The van der Waals surface area contributed by atoms with E-state index >= 15 is 0 Å². The summed E-state index contributed by atoms with van der Waals surface area (Å²) in [5, 5.41) is 5.96. The van der Waals surface area contributed by atoms with E-state index in [0.29, 0.717) is 26.8 Å². The van der Waals surface area contributed by atoms with Crippen LogP contribution in [-0.4, -0.2) is 11.8 Å². The summed E-state index contributed by atoms with van der Waals surface area (Å²) in [6.45, 7) is 0. The number of carbonyl (C=O) groups excluding carboxylic acids is 2. The molecule has 1 N–H and O–H groups in total. The van der Waals surface area contributed by atoms with E-state index in [4.69, 9.17) is 0 Å². The first-order valence-corrected chi connectivity index (χ1v) is 8.59. The molecule has 25 heavy (non-hydrogen) atoms. The molecule has 2 heterocycles. The average molecular weight is 347 g/mol. The van der Waals surface area contributed by atoms with Crippen molar-refractivity contribution in [2.75, 3.05) is 5.32 Å². The maximum Gasteiger partial charge on any atom is 0.275 e. The molecule has 0 saturated carbocycles. The molecule has 1 aliphatic rings. The van der Waals surface area contributed by atoms with E-state index in [1.807, 2.05) is 41.8 Å². The molecule has 6 heteroatoms. The molecule has 0 aliphatic carbocycles. The van der Waals surface area contributed by atoms with Crippen LogP contribution in [0.4, 0.5) is 5.69 Å². The number of nitrogens with one attached hydrogen (secondary N) is 1. The lowest BCUT2D eigenvalue weighted by Gasteiger charge is -2.16. The van der Waals surface area contributed by atoms with Crippen molar-refractivity contribution in [1.29, 1.82) is 0 Å². The van der Waals surface area contributed by atoms with Gasteiger partial charge in [-0.3, -0.25) is 14.6 Å². The fraction of sp³-hybridized carbons (Fsp3) is 0.0526. The van der Waals surface area contributed by atoms with Crippen molar-refractivity contribution in [3.8, 4) is 0 Å². The Kier molecular flexibility index (Phi) is 3.95. The zero-order valence-corrected chi connectivity index (χ0v) is 13.9. The van der Waals surface area contributed by atoms with Crippen molar-refractivity contribution >= 4 is 28.8 Å². The molecule has 5 nitrogen and oxygen atoms in total. The Balaban J connectivity index is 1.73. The minimum Gasteiger partial charge on any atom is -0.321 e. The normalized spacial score (nSPS) is 15.7. The Labute approximate surface area is 147 Å². The molecular formula is C19H13N3O2S. The second-order valence-electron chi connectivity index (χ2n) is 5.49. The predicted octanol–water partition coefficient (Wildman–Crippen LogP) is 2.52. The fourth-order valence-corrected chi connectivity index (χ4v) is 3.30. The molecular weight excluding hydrogens is 334 g/mol. The van der Waals surface area contributed by atoms with Crippen LogP contribution < -0.4 is 16.0 Å². The number of hydrogen-bond donors (Lipinski definition) is 1. The number of fused-ring (bicyclic) bond motifs is 1. The van der Waals surface area contributed by atoms with Gasteiger partial charge in [-0.15, -0.1) is 11.3 Å².